The Hall–Kier alpha value is -1.39. The fourth-order valence-corrected chi connectivity index (χ4v) is 3.67. The van der Waals surface area contributed by atoms with Crippen molar-refractivity contribution in [2.45, 2.75) is 57.4 Å². The average Bonchev–Trinajstić information content (AvgIpc) is 3.25. The van der Waals surface area contributed by atoms with Gasteiger partial charge in [0.1, 0.15) is 12.4 Å². The zero-order valence-corrected chi connectivity index (χ0v) is 15.6. The predicted octanol–water partition coefficient (Wildman–Crippen LogP) is 3.42. The van der Waals surface area contributed by atoms with E-state index in [1.165, 1.54) is 5.56 Å². The van der Waals surface area contributed by atoms with Crippen LogP contribution in [0.2, 0.25) is 0 Å². The van der Waals surface area contributed by atoms with E-state index < -0.39 is 0 Å². The van der Waals surface area contributed by atoms with Gasteiger partial charge < -0.3 is 10.1 Å². The summed E-state index contributed by atoms with van der Waals surface area (Å²) < 4.78 is 5.45. The summed E-state index contributed by atoms with van der Waals surface area (Å²) >= 11 is 0. The summed E-state index contributed by atoms with van der Waals surface area (Å²) in [6, 6.07) is 8.39. The highest BCUT2D eigenvalue weighted by Gasteiger charge is 2.25. The van der Waals surface area contributed by atoms with Gasteiger partial charge in [0, 0.05) is 18.4 Å². The largest absolute Gasteiger partial charge is 0.464 e. The highest BCUT2D eigenvalue weighted by molar-refractivity contribution is 5.85. The second-order valence-corrected chi connectivity index (χ2v) is 7.15. The molecule has 0 bridgehead atoms. The van der Waals surface area contributed by atoms with Crippen LogP contribution in [0.3, 0.4) is 0 Å². The zero-order valence-electron chi connectivity index (χ0n) is 14.8. The minimum atomic E-state index is -0.256. The van der Waals surface area contributed by atoms with Crippen LogP contribution in [0.25, 0.3) is 0 Å². The zero-order chi connectivity index (χ0) is 16.9. The third-order valence-electron chi connectivity index (χ3n) is 5.34. The van der Waals surface area contributed by atoms with E-state index in [-0.39, 0.29) is 30.2 Å². The molecule has 0 spiro atoms. The molecule has 138 valence electrons. The maximum atomic E-state index is 12.2. The second-order valence-electron chi connectivity index (χ2n) is 7.15. The van der Waals surface area contributed by atoms with Gasteiger partial charge in [0.25, 0.3) is 0 Å². The number of ketones is 1. The molecule has 0 radical (unpaired) electrons. The van der Waals surface area contributed by atoms with Crippen LogP contribution >= 0.6 is 12.4 Å². The Morgan fingerprint density at radius 3 is 2.60 bits per heavy atom. The third kappa shape index (κ3) is 5.29. The van der Waals surface area contributed by atoms with Gasteiger partial charge in [-0.2, -0.15) is 0 Å². The highest BCUT2D eigenvalue weighted by atomic mass is 35.5. The van der Waals surface area contributed by atoms with Gasteiger partial charge in [-0.25, -0.2) is 0 Å². The highest BCUT2D eigenvalue weighted by Crippen LogP contribution is 2.26. The number of hydrogen-bond acceptors (Lipinski definition) is 4. The van der Waals surface area contributed by atoms with Crippen molar-refractivity contribution in [2.75, 3.05) is 13.2 Å². The summed E-state index contributed by atoms with van der Waals surface area (Å²) in [6.45, 7) is 3.37. The molecular weight excluding hydrogens is 338 g/mol. The number of halogens is 1. The lowest BCUT2D eigenvalue weighted by atomic mass is 9.94. The minimum Gasteiger partial charge on any atom is -0.464 e. The van der Waals surface area contributed by atoms with Crippen molar-refractivity contribution < 1.29 is 14.3 Å². The minimum absolute atomic E-state index is 0. The monoisotopic (exact) mass is 365 g/mol. The molecule has 2 fully saturated rings. The van der Waals surface area contributed by atoms with Gasteiger partial charge >= 0.3 is 5.97 Å². The van der Waals surface area contributed by atoms with Crippen LogP contribution in [0, 0.1) is 5.92 Å². The molecule has 5 heteroatoms. The van der Waals surface area contributed by atoms with Crippen LogP contribution in [0.5, 0.6) is 0 Å². The number of benzene rings is 1. The molecule has 25 heavy (non-hydrogen) atoms. The van der Waals surface area contributed by atoms with Gasteiger partial charge in [-0.15, -0.1) is 12.4 Å². The smallest absolute Gasteiger partial charge is 0.313 e. The van der Waals surface area contributed by atoms with Gasteiger partial charge in [0.2, 0.25) is 0 Å². The first-order chi connectivity index (χ1) is 11.6. The SMILES string of the molecule is CC(C(=O)OCC1CCCN1)c1ccc(CC2CCCC2=O)cc1.Cl. The maximum absolute atomic E-state index is 12.2. The van der Waals surface area contributed by atoms with Crippen molar-refractivity contribution in [3.63, 3.8) is 0 Å². The number of nitrogens with one attached hydrogen (secondary N) is 1. The Labute approximate surface area is 156 Å². The molecule has 1 aromatic carbocycles. The normalized spacial score (nSPS) is 24.0. The van der Waals surface area contributed by atoms with E-state index in [0.717, 1.165) is 50.6 Å². The molecule has 0 amide bonds. The van der Waals surface area contributed by atoms with Crippen LogP contribution in [0.4, 0.5) is 0 Å². The molecule has 3 atom stereocenters. The van der Waals surface area contributed by atoms with E-state index in [9.17, 15) is 9.59 Å². The molecule has 0 aromatic heterocycles. The van der Waals surface area contributed by atoms with E-state index in [2.05, 4.69) is 5.32 Å². The van der Waals surface area contributed by atoms with E-state index in [4.69, 9.17) is 4.74 Å². The molecule has 1 heterocycles. The molecular formula is C20H28ClNO3. The average molecular weight is 366 g/mol. The van der Waals surface area contributed by atoms with Crippen molar-refractivity contribution in [3.05, 3.63) is 35.4 Å². The quantitative estimate of drug-likeness (QED) is 0.785. The first-order valence-electron chi connectivity index (χ1n) is 9.15. The van der Waals surface area contributed by atoms with E-state index in [0.29, 0.717) is 18.4 Å². The van der Waals surface area contributed by atoms with E-state index in [1.54, 1.807) is 0 Å². The summed E-state index contributed by atoms with van der Waals surface area (Å²) in [5.41, 5.74) is 2.15. The van der Waals surface area contributed by atoms with Crippen LogP contribution in [-0.4, -0.2) is 30.9 Å². The summed E-state index contributed by atoms with van der Waals surface area (Å²) in [4.78, 5) is 24.0. The summed E-state index contributed by atoms with van der Waals surface area (Å²) in [7, 11) is 0. The van der Waals surface area contributed by atoms with Gasteiger partial charge in [-0.3, -0.25) is 9.59 Å². The van der Waals surface area contributed by atoms with Crippen molar-refractivity contribution in [1.29, 1.82) is 0 Å². The number of Topliss-reactive ketones (excluding diaryl/α,β-unsaturated/α-hetero) is 1. The Morgan fingerprint density at radius 1 is 1.24 bits per heavy atom. The fraction of sp³-hybridized carbons (Fsp3) is 0.600. The Morgan fingerprint density at radius 2 is 2.00 bits per heavy atom. The number of ether oxygens (including phenoxy) is 1. The molecule has 2 aliphatic rings. The molecule has 3 unspecified atom stereocenters. The standard InChI is InChI=1S/C20H27NO3.ClH/c1-14(20(23)24-13-18-5-3-11-21-18)16-9-7-15(8-10-16)12-17-4-2-6-19(17)22;/h7-10,14,17-18,21H,2-6,11-13H2,1H3;1H. The molecule has 1 saturated carbocycles. The fourth-order valence-electron chi connectivity index (χ4n) is 3.67. The molecule has 1 aromatic rings. The number of esters is 1. The van der Waals surface area contributed by atoms with Gasteiger partial charge in [-0.05, 0) is 56.7 Å². The van der Waals surface area contributed by atoms with Crippen LogP contribution in [0.1, 0.15) is 56.1 Å². The first-order valence-corrected chi connectivity index (χ1v) is 9.15. The predicted molar refractivity (Wildman–Crippen MR) is 100 cm³/mol. The molecule has 1 N–H and O–H groups in total. The third-order valence-corrected chi connectivity index (χ3v) is 5.34. The Balaban J connectivity index is 0.00000225. The lowest BCUT2D eigenvalue weighted by molar-refractivity contribution is -0.145. The van der Waals surface area contributed by atoms with Crippen molar-refractivity contribution >= 4 is 24.2 Å². The first kappa shape index (κ1) is 19.9. The Kier molecular flexibility index (Phi) is 7.45. The van der Waals surface area contributed by atoms with Crippen LogP contribution in [0.15, 0.2) is 24.3 Å². The van der Waals surface area contributed by atoms with Gasteiger partial charge in [-0.1, -0.05) is 24.3 Å². The van der Waals surface area contributed by atoms with Crippen LogP contribution < -0.4 is 5.32 Å². The number of hydrogen-bond donors (Lipinski definition) is 1. The topological polar surface area (TPSA) is 55.4 Å². The maximum Gasteiger partial charge on any atom is 0.313 e. The van der Waals surface area contributed by atoms with Gasteiger partial charge in [0.15, 0.2) is 0 Å². The van der Waals surface area contributed by atoms with E-state index >= 15 is 0 Å². The number of rotatable bonds is 6. The molecule has 1 saturated heterocycles. The second kappa shape index (κ2) is 9.35. The molecule has 4 nitrogen and oxygen atoms in total. The molecule has 3 rings (SSSR count). The van der Waals surface area contributed by atoms with E-state index in [1.807, 2.05) is 31.2 Å². The number of carbonyl (C=O) groups is 2. The lowest BCUT2D eigenvalue weighted by Crippen LogP contribution is -2.29. The summed E-state index contributed by atoms with van der Waals surface area (Å²) in [5, 5.41) is 3.33. The van der Waals surface area contributed by atoms with Crippen LogP contribution in [-0.2, 0) is 20.7 Å². The van der Waals surface area contributed by atoms with Crippen molar-refractivity contribution in [2.24, 2.45) is 5.92 Å². The molecule has 1 aliphatic carbocycles. The number of carbonyl (C=O) groups excluding carboxylic acids is 2. The lowest BCUT2D eigenvalue weighted by Gasteiger charge is -2.15. The molecule has 1 aliphatic heterocycles. The summed E-state index contributed by atoms with van der Waals surface area (Å²) in [6.07, 6.45) is 5.84. The summed E-state index contributed by atoms with van der Waals surface area (Å²) in [5.74, 6) is 0.171. The van der Waals surface area contributed by atoms with Gasteiger partial charge in [0.05, 0.1) is 5.92 Å². The van der Waals surface area contributed by atoms with Crippen molar-refractivity contribution in [3.8, 4) is 0 Å². The van der Waals surface area contributed by atoms with Crippen molar-refractivity contribution in [1.82, 2.24) is 5.32 Å². The Bertz CT molecular complexity index is 581.